The first-order chi connectivity index (χ1) is 11.3. The van der Waals surface area contributed by atoms with Gasteiger partial charge in [-0.3, -0.25) is 4.72 Å². The molecule has 0 aliphatic heterocycles. The molecule has 128 valence electrons. The number of aromatic hydroxyl groups is 1. The highest BCUT2D eigenvalue weighted by Gasteiger charge is 2.23. The first-order valence-corrected chi connectivity index (χ1v) is 8.36. The Balaban J connectivity index is 2.48. The Labute approximate surface area is 139 Å². The van der Waals surface area contributed by atoms with Crippen molar-refractivity contribution in [1.29, 1.82) is 0 Å². The molecule has 0 spiro atoms. The molecule has 0 atom stereocenters. The molecule has 2 rings (SSSR count). The smallest absolute Gasteiger partial charge is 0.341 e. The molecule has 0 fully saturated rings. The first kappa shape index (κ1) is 17.6. The number of ether oxygens (including phenoxy) is 2. The second kappa shape index (κ2) is 6.79. The Morgan fingerprint density at radius 2 is 1.88 bits per heavy atom. The molecule has 2 N–H and O–H groups in total. The fourth-order valence-electron chi connectivity index (χ4n) is 2.09. The van der Waals surface area contributed by atoms with Crippen molar-refractivity contribution in [2.24, 2.45) is 0 Å². The minimum Gasteiger partial charge on any atom is -0.505 e. The van der Waals surface area contributed by atoms with Gasteiger partial charge in [-0.1, -0.05) is 12.1 Å². The monoisotopic (exact) mass is 351 g/mol. The molecule has 0 unspecified atom stereocenters. The van der Waals surface area contributed by atoms with E-state index in [2.05, 4.69) is 9.46 Å². The van der Waals surface area contributed by atoms with Crippen molar-refractivity contribution in [1.82, 2.24) is 0 Å². The maximum atomic E-state index is 12.6. The number of phenols is 1. The van der Waals surface area contributed by atoms with E-state index >= 15 is 0 Å². The third kappa shape index (κ3) is 3.43. The molecule has 0 saturated heterocycles. The van der Waals surface area contributed by atoms with Crippen LogP contribution in [0, 0.1) is 6.92 Å². The van der Waals surface area contributed by atoms with E-state index in [1.807, 2.05) is 0 Å². The molecule has 2 aromatic carbocycles. The summed E-state index contributed by atoms with van der Waals surface area (Å²) >= 11 is 0. The number of anilines is 1. The standard InChI is InChI=1S/C16H17NO6S/c1-10-7-8-13(22-2)14(9-10)24(20,21)17-12-6-4-5-11(15(12)18)16(19)23-3/h4-9,17-18H,1-3H3. The molecule has 0 bridgehead atoms. The summed E-state index contributed by atoms with van der Waals surface area (Å²) in [6, 6.07) is 8.79. The molecule has 7 nitrogen and oxygen atoms in total. The minimum atomic E-state index is -4.04. The van der Waals surface area contributed by atoms with Gasteiger partial charge < -0.3 is 14.6 Å². The van der Waals surface area contributed by atoms with Gasteiger partial charge in [0.1, 0.15) is 16.2 Å². The lowest BCUT2D eigenvalue weighted by molar-refractivity contribution is 0.0597. The number of rotatable bonds is 5. The van der Waals surface area contributed by atoms with Crippen molar-refractivity contribution in [3.63, 3.8) is 0 Å². The second-order valence-electron chi connectivity index (χ2n) is 4.95. The number of carbonyl (C=O) groups excluding carboxylic acids is 1. The number of para-hydroxylation sites is 1. The van der Waals surface area contributed by atoms with Crippen LogP contribution in [0.15, 0.2) is 41.3 Å². The lowest BCUT2D eigenvalue weighted by atomic mass is 10.2. The fraction of sp³-hybridized carbons (Fsp3) is 0.188. The van der Waals surface area contributed by atoms with Crippen LogP contribution in [0.5, 0.6) is 11.5 Å². The Bertz CT molecular complexity index is 876. The van der Waals surface area contributed by atoms with Crippen molar-refractivity contribution in [3.05, 3.63) is 47.5 Å². The van der Waals surface area contributed by atoms with Gasteiger partial charge in [0.2, 0.25) is 0 Å². The predicted octanol–water partition coefficient (Wildman–Crippen LogP) is 2.30. The van der Waals surface area contributed by atoms with E-state index in [1.165, 1.54) is 37.4 Å². The number of benzene rings is 2. The summed E-state index contributed by atoms with van der Waals surface area (Å²) in [5.74, 6) is -1.13. The molecule has 0 heterocycles. The van der Waals surface area contributed by atoms with Crippen LogP contribution in [0.1, 0.15) is 15.9 Å². The second-order valence-corrected chi connectivity index (χ2v) is 6.60. The van der Waals surface area contributed by atoms with Gasteiger partial charge in [0.05, 0.1) is 19.9 Å². The summed E-state index contributed by atoms with van der Waals surface area (Å²) in [6.07, 6.45) is 0. The van der Waals surface area contributed by atoms with E-state index in [4.69, 9.17) is 4.74 Å². The Morgan fingerprint density at radius 1 is 1.17 bits per heavy atom. The largest absolute Gasteiger partial charge is 0.505 e. The van der Waals surface area contributed by atoms with Gasteiger partial charge >= 0.3 is 5.97 Å². The number of methoxy groups -OCH3 is 2. The van der Waals surface area contributed by atoms with Gasteiger partial charge in [-0.05, 0) is 36.8 Å². The fourth-order valence-corrected chi connectivity index (χ4v) is 3.42. The lowest BCUT2D eigenvalue weighted by Crippen LogP contribution is -2.15. The molecular weight excluding hydrogens is 334 g/mol. The van der Waals surface area contributed by atoms with E-state index in [1.54, 1.807) is 13.0 Å². The molecule has 0 aliphatic rings. The molecule has 0 aromatic heterocycles. The average molecular weight is 351 g/mol. The van der Waals surface area contributed by atoms with Crippen LogP contribution < -0.4 is 9.46 Å². The Morgan fingerprint density at radius 3 is 2.50 bits per heavy atom. The van der Waals surface area contributed by atoms with Crippen LogP contribution in [0.2, 0.25) is 0 Å². The molecule has 0 amide bonds. The maximum Gasteiger partial charge on any atom is 0.341 e. The maximum absolute atomic E-state index is 12.6. The summed E-state index contributed by atoms with van der Waals surface area (Å²) in [7, 11) is -1.51. The molecule has 0 aliphatic carbocycles. The summed E-state index contributed by atoms with van der Waals surface area (Å²) in [4.78, 5) is 11.5. The number of hydrogen-bond donors (Lipinski definition) is 2. The molecule has 0 radical (unpaired) electrons. The van der Waals surface area contributed by atoms with Gasteiger partial charge in [0.25, 0.3) is 10.0 Å². The highest BCUT2D eigenvalue weighted by atomic mass is 32.2. The van der Waals surface area contributed by atoms with Crippen LogP contribution >= 0.6 is 0 Å². The normalized spacial score (nSPS) is 11.0. The average Bonchev–Trinajstić information content (AvgIpc) is 2.56. The summed E-state index contributed by atoms with van der Waals surface area (Å²) in [5, 5.41) is 10.1. The van der Waals surface area contributed by atoms with Gasteiger partial charge in [0, 0.05) is 0 Å². The van der Waals surface area contributed by atoms with E-state index in [-0.39, 0.29) is 21.9 Å². The Hall–Kier alpha value is -2.74. The van der Waals surface area contributed by atoms with Crippen molar-refractivity contribution in [2.45, 2.75) is 11.8 Å². The van der Waals surface area contributed by atoms with Gasteiger partial charge in [-0.15, -0.1) is 0 Å². The zero-order valence-electron chi connectivity index (χ0n) is 13.4. The summed E-state index contributed by atoms with van der Waals surface area (Å²) < 4.78 is 37.1. The molecule has 0 saturated carbocycles. The lowest BCUT2D eigenvalue weighted by Gasteiger charge is -2.14. The molecule has 24 heavy (non-hydrogen) atoms. The van der Waals surface area contributed by atoms with Crippen LogP contribution in [-0.2, 0) is 14.8 Å². The molecular formula is C16H17NO6S. The highest BCUT2D eigenvalue weighted by molar-refractivity contribution is 7.92. The van der Waals surface area contributed by atoms with Crippen molar-refractivity contribution in [3.8, 4) is 11.5 Å². The number of aryl methyl sites for hydroxylation is 1. The van der Waals surface area contributed by atoms with Crippen molar-refractivity contribution < 1.29 is 27.8 Å². The number of hydrogen-bond acceptors (Lipinski definition) is 6. The van der Waals surface area contributed by atoms with Crippen LogP contribution in [0.3, 0.4) is 0 Å². The van der Waals surface area contributed by atoms with Crippen molar-refractivity contribution in [2.75, 3.05) is 18.9 Å². The number of carbonyl (C=O) groups is 1. The van der Waals surface area contributed by atoms with Crippen LogP contribution in [-0.4, -0.2) is 33.7 Å². The van der Waals surface area contributed by atoms with Crippen molar-refractivity contribution >= 4 is 21.7 Å². The minimum absolute atomic E-state index is 0.0760. The summed E-state index contributed by atoms with van der Waals surface area (Å²) in [6.45, 7) is 1.74. The SMILES string of the molecule is COC(=O)c1cccc(NS(=O)(=O)c2cc(C)ccc2OC)c1O. The third-order valence-electron chi connectivity index (χ3n) is 3.29. The van der Waals surface area contributed by atoms with Crippen LogP contribution in [0.4, 0.5) is 5.69 Å². The number of sulfonamides is 1. The van der Waals surface area contributed by atoms with E-state index < -0.39 is 21.7 Å². The van der Waals surface area contributed by atoms with E-state index in [0.717, 1.165) is 12.7 Å². The Kier molecular flexibility index (Phi) is 4.99. The zero-order chi connectivity index (χ0) is 17.9. The zero-order valence-corrected chi connectivity index (χ0v) is 14.2. The van der Waals surface area contributed by atoms with Gasteiger partial charge in [-0.2, -0.15) is 0 Å². The van der Waals surface area contributed by atoms with E-state index in [9.17, 15) is 18.3 Å². The third-order valence-corrected chi connectivity index (χ3v) is 4.68. The molecule has 8 heteroatoms. The number of nitrogens with one attached hydrogen (secondary N) is 1. The van der Waals surface area contributed by atoms with Gasteiger partial charge in [0.15, 0.2) is 5.75 Å². The summed E-state index contributed by atoms with van der Waals surface area (Å²) in [5.41, 5.74) is 0.444. The molecule has 2 aromatic rings. The van der Waals surface area contributed by atoms with E-state index in [0.29, 0.717) is 0 Å². The quantitative estimate of drug-likeness (QED) is 0.633. The first-order valence-electron chi connectivity index (χ1n) is 6.88. The number of phenolic OH excluding ortho intramolecular Hbond substituents is 1. The topological polar surface area (TPSA) is 102 Å². The van der Waals surface area contributed by atoms with Crippen LogP contribution in [0.25, 0.3) is 0 Å². The predicted molar refractivity (Wildman–Crippen MR) is 88.0 cm³/mol. The highest BCUT2D eigenvalue weighted by Crippen LogP contribution is 2.32. The number of esters is 1. The van der Waals surface area contributed by atoms with Gasteiger partial charge in [-0.25, -0.2) is 13.2 Å².